The number of anilines is 1. The van der Waals surface area contributed by atoms with Crippen LogP contribution in [0.5, 0.6) is 0 Å². The van der Waals surface area contributed by atoms with E-state index < -0.39 is 15.2 Å². The average Bonchev–Trinajstić information content (AvgIpc) is 2.27. The van der Waals surface area contributed by atoms with E-state index in [0.29, 0.717) is 11.3 Å². The van der Waals surface area contributed by atoms with Crippen LogP contribution in [0.4, 0.5) is 5.69 Å². The number of benzene rings is 1. The topological polar surface area (TPSA) is 66.5 Å². The summed E-state index contributed by atoms with van der Waals surface area (Å²) in [6.45, 7) is 0. The molecule has 0 atom stereocenters. The number of rotatable bonds is 4. The second kappa shape index (κ2) is 5.37. The Bertz CT molecular complexity index is 514. The largest absolute Gasteiger partial charge is 0.345 e. The fourth-order valence-corrected chi connectivity index (χ4v) is 1.89. The molecular weight excluding hydrogens is 264 g/mol. The van der Waals surface area contributed by atoms with Crippen molar-refractivity contribution in [3.05, 3.63) is 29.8 Å². The van der Waals surface area contributed by atoms with Gasteiger partial charge in [0.25, 0.3) is 5.91 Å². The number of sulfonamides is 1. The molecule has 0 saturated carbocycles. The molecule has 0 aromatic heterocycles. The number of hydrogen-bond acceptors (Lipinski definition) is 3. The van der Waals surface area contributed by atoms with E-state index in [1.807, 2.05) is 0 Å². The van der Waals surface area contributed by atoms with E-state index >= 15 is 0 Å². The minimum atomic E-state index is -3.54. The third-order valence-corrected chi connectivity index (χ3v) is 3.63. The van der Waals surface area contributed by atoms with E-state index in [0.717, 1.165) is 0 Å². The lowest BCUT2D eigenvalue weighted by molar-refractivity contribution is 0.0827. The Hall–Kier alpha value is -1.27. The van der Waals surface area contributed by atoms with Crippen molar-refractivity contribution in [3.8, 4) is 0 Å². The van der Waals surface area contributed by atoms with Gasteiger partial charge in [-0.3, -0.25) is 9.52 Å². The predicted molar refractivity (Wildman–Crippen MR) is 67.7 cm³/mol. The molecule has 1 N–H and O–H groups in total. The summed E-state index contributed by atoms with van der Waals surface area (Å²) in [7, 11) is -0.299. The number of nitrogens with zero attached hydrogens (tertiary/aromatic N) is 1. The van der Waals surface area contributed by atoms with Crippen LogP contribution < -0.4 is 4.72 Å². The van der Waals surface area contributed by atoms with Gasteiger partial charge in [-0.25, -0.2) is 8.42 Å². The third kappa shape index (κ3) is 3.90. The summed E-state index contributed by atoms with van der Waals surface area (Å²) >= 11 is 5.27. The van der Waals surface area contributed by atoms with Gasteiger partial charge in [-0.1, -0.05) is 6.07 Å². The minimum Gasteiger partial charge on any atom is -0.345 e. The Kier molecular flexibility index (Phi) is 4.36. The highest BCUT2D eigenvalue weighted by Gasteiger charge is 2.11. The van der Waals surface area contributed by atoms with Crippen LogP contribution in [0.15, 0.2) is 24.3 Å². The number of carbonyl (C=O) groups is 1. The maximum absolute atomic E-state index is 11.7. The molecule has 0 radical (unpaired) electrons. The van der Waals surface area contributed by atoms with E-state index in [2.05, 4.69) is 4.72 Å². The zero-order chi connectivity index (χ0) is 13.1. The van der Waals surface area contributed by atoms with Gasteiger partial charge in [0.05, 0.1) is 0 Å². The van der Waals surface area contributed by atoms with E-state index in [1.54, 1.807) is 32.3 Å². The number of nitrogens with one attached hydrogen (secondary N) is 1. The van der Waals surface area contributed by atoms with Gasteiger partial charge in [-0.05, 0) is 18.2 Å². The van der Waals surface area contributed by atoms with Crippen molar-refractivity contribution in [2.24, 2.45) is 0 Å². The van der Waals surface area contributed by atoms with E-state index in [1.165, 1.54) is 11.0 Å². The number of hydrogen-bond donors (Lipinski definition) is 1. The van der Waals surface area contributed by atoms with Crippen LogP contribution in [0.1, 0.15) is 10.4 Å². The molecule has 0 spiro atoms. The molecule has 0 aliphatic carbocycles. The lowest BCUT2D eigenvalue weighted by Gasteiger charge is -2.11. The minimum absolute atomic E-state index is 0.197. The SMILES string of the molecule is CN(C)C(=O)c1cccc(NS(=O)(=O)CCl)c1. The predicted octanol–water partition coefficient (Wildman–Crippen LogP) is 1.33. The van der Waals surface area contributed by atoms with Crippen LogP contribution in [0.2, 0.25) is 0 Å². The van der Waals surface area contributed by atoms with Gasteiger partial charge in [-0.2, -0.15) is 0 Å². The molecule has 94 valence electrons. The molecule has 0 aliphatic heterocycles. The molecule has 7 heteroatoms. The zero-order valence-corrected chi connectivity index (χ0v) is 11.0. The van der Waals surface area contributed by atoms with E-state index in [9.17, 15) is 13.2 Å². The first kappa shape index (κ1) is 13.8. The highest BCUT2D eigenvalue weighted by molar-refractivity contribution is 7.93. The summed E-state index contributed by atoms with van der Waals surface area (Å²) in [5, 5.41) is -0.529. The van der Waals surface area contributed by atoms with Crippen LogP contribution in [-0.2, 0) is 10.0 Å². The second-order valence-corrected chi connectivity index (χ2v) is 5.91. The van der Waals surface area contributed by atoms with Crippen LogP contribution in [0.3, 0.4) is 0 Å². The zero-order valence-electron chi connectivity index (χ0n) is 9.47. The van der Waals surface area contributed by atoms with Crippen molar-refractivity contribution >= 4 is 33.2 Å². The lowest BCUT2D eigenvalue weighted by Crippen LogP contribution is -2.22. The maximum atomic E-state index is 11.7. The molecule has 0 aliphatic rings. The molecule has 0 bridgehead atoms. The van der Waals surface area contributed by atoms with Crippen LogP contribution in [-0.4, -0.2) is 38.5 Å². The normalized spacial score (nSPS) is 11.0. The Morgan fingerprint density at radius 1 is 1.41 bits per heavy atom. The summed E-state index contributed by atoms with van der Waals surface area (Å²) in [6.07, 6.45) is 0. The highest BCUT2D eigenvalue weighted by Crippen LogP contribution is 2.13. The molecule has 0 unspecified atom stereocenters. The van der Waals surface area contributed by atoms with Gasteiger partial charge in [0, 0.05) is 25.3 Å². The summed E-state index contributed by atoms with van der Waals surface area (Å²) in [5.74, 6) is -0.197. The van der Waals surface area contributed by atoms with Crippen molar-refractivity contribution in [3.63, 3.8) is 0 Å². The van der Waals surface area contributed by atoms with Gasteiger partial charge in [-0.15, -0.1) is 11.6 Å². The van der Waals surface area contributed by atoms with Crippen molar-refractivity contribution in [2.45, 2.75) is 0 Å². The maximum Gasteiger partial charge on any atom is 0.253 e. The fraction of sp³-hybridized carbons (Fsp3) is 0.300. The molecule has 1 aromatic carbocycles. The molecule has 5 nitrogen and oxygen atoms in total. The number of amides is 1. The highest BCUT2D eigenvalue weighted by atomic mass is 35.5. The molecule has 17 heavy (non-hydrogen) atoms. The van der Waals surface area contributed by atoms with Crippen molar-refractivity contribution < 1.29 is 13.2 Å². The monoisotopic (exact) mass is 276 g/mol. The van der Waals surface area contributed by atoms with Crippen molar-refractivity contribution in [1.29, 1.82) is 0 Å². The average molecular weight is 277 g/mol. The third-order valence-electron chi connectivity index (χ3n) is 1.93. The van der Waals surface area contributed by atoms with Crippen molar-refractivity contribution in [2.75, 3.05) is 24.0 Å². The standard InChI is InChI=1S/C10H13ClN2O3S/c1-13(2)10(14)8-4-3-5-9(6-8)12-17(15,16)7-11/h3-6,12H,7H2,1-2H3. The molecule has 0 fully saturated rings. The van der Waals surface area contributed by atoms with Crippen LogP contribution >= 0.6 is 11.6 Å². The second-order valence-electron chi connectivity index (χ2n) is 3.61. The van der Waals surface area contributed by atoms with Gasteiger partial charge < -0.3 is 4.90 Å². The number of carbonyl (C=O) groups excluding carboxylic acids is 1. The Morgan fingerprint density at radius 3 is 2.59 bits per heavy atom. The quantitative estimate of drug-likeness (QED) is 0.844. The first-order chi connectivity index (χ1) is 7.85. The Morgan fingerprint density at radius 2 is 2.06 bits per heavy atom. The lowest BCUT2D eigenvalue weighted by atomic mass is 10.2. The fourth-order valence-electron chi connectivity index (χ4n) is 1.18. The first-order valence-corrected chi connectivity index (χ1v) is 6.92. The van der Waals surface area contributed by atoms with Crippen LogP contribution in [0, 0.1) is 0 Å². The molecule has 1 amide bonds. The summed E-state index contributed by atoms with van der Waals surface area (Å²) in [6, 6.07) is 6.23. The molecule has 0 heterocycles. The molecular formula is C10H13ClN2O3S. The smallest absolute Gasteiger partial charge is 0.253 e. The van der Waals surface area contributed by atoms with Gasteiger partial charge in [0.15, 0.2) is 0 Å². The Labute approximate surface area is 105 Å². The number of halogens is 1. The van der Waals surface area contributed by atoms with Gasteiger partial charge in [0.2, 0.25) is 10.0 Å². The number of alkyl halides is 1. The van der Waals surface area contributed by atoms with E-state index in [-0.39, 0.29) is 5.91 Å². The van der Waals surface area contributed by atoms with E-state index in [4.69, 9.17) is 11.6 Å². The van der Waals surface area contributed by atoms with Crippen molar-refractivity contribution in [1.82, 2.24) is 4.90 Å². The van der Waals surface area contributed by atoms with Gasteiger partial charge in [0.1, 0.15) is 5.21 Å². The van der Waals surface area contributed by atoms with Crippen LogP contribution in [0.25, 0.3) is 0 Å². The molecule has 0 saturated heterocycles. The Balaban J connectivity index is 2.98. The summed E-state index contributed by atoms with van der Waals surface area (Å²) in [4.78, 5) is 13.1. The summed E-state index contributed by atoms with van der Waals surface area (Å²) < 4.78 is 24.8. The molecule has 1 rings (SSSR count). The van der Waals surface area contributed by atoms with Gasteiger partial charge >= 0.3 is 0 Å². The summed E-state index contributed by atoms with van der Waals surface area (Å²) in [5.41, 5.74) is 0.725. The first-order valence-electron chi connectivity index (χ1n) is 4.74. The molecule has 1 aromatic rings.